The van der Waals surface area contributed by atoms with Gasteiger partial charge < -0.3 is 10.1 Å². The molecule has 1 aromatic carbocycles. The van der Waals surface area contributed by atoms with E-state index in [4.69, 9.17) is 4.74 Å². The second-order valence-electron chi connectivity index (χ2n) is 5.22. The Morgan fingerprint density at radius 1 is 1.17 bits per heavy atom. The Kier molecular flexibility index (Phi) is 3.22. The van der Waals surface area contributed by atoms with Gasteiger partial charge in [0, 0.05) is 11.5 Å². The Balaban J connectivity index is 1.76. The molecule has 1 N–H and O–H groups in total. The fraction of sp³-hybridized carbons (Fsp3) is 0.533. The molecule has 1 fully saturated rings. The largest absolute Gasteiger partial charge is 0.493 e. The molecule has 3 nitrogen and oxygen atoms in total. The highest BCUT2D eigenvalue weighted by Crippen LogP contribution is 2.33. The third kappa shape index (κ3) is 2.22. The van der Waals surface area contributed by atoms with Gasteiger partial charge in [-0.05, 0) is 31.7 Å². The maximum Gasteiger partial charge on any atom is 0.223 e. The number of nitrogens with one attached hydrogen (secondary N) is 1. The van der Waals surface area contributed by atoms with E-state index in [0.717, 1.165) is 43.6 Å². The molecular weight excluding hydrogens is 226 g/mol. The zero-order valence-corrected chi connectivity index (χ0v) is 10.5. The Morgan fingerprint density at radius 3 is 2.78 bits per heavy atom. The minimum atomic E-state index is 0.122. The standard InChI is InChI=1S/C15H19NO2/c17-15(11-5-3-6-11)16-13-8-4-10-18-14-9-2-1-7-12(13)14/h1-2,7,9,11,13H,3-6,8,10H2,(H,16,17)/t13-/m0/s1. The van der Waals surface area contributed by atoms with Gasteiger partial charge in [-0.1, -0.05) is 24.6 Å². The molecule has 0 aromatic heterocycles. The van der Waals surface area contributed by atoms with Gasteiger partial charge in [0.1, 0.15) is 5.75 Å². The third-order valence-electron chi connectivity index (χ3n) is 3.98. The first-order valence-corrected chi connectivity index (χ1v) is 6.87. The number of ether oxygens (including phenoxy) is 1. The molecule has 0 bridgehead atoms. The van der Waals surface area contributed by atoms with E-state index >= 15 is 0 Å². The fourth-order valence-electron chi connectivity index (χ4n) is 2.63. The smallest absolute Gasteiger partial charge is 0.223 e. The second-order valence-corrected chi connectivity index (χ2v) is 5.22. The summed E-state index contributed by atoms with van der Waals surface area (Å²) < 4.78 is 5.71. The van der Waals surface area contributed by atoms with Crippen LogP contribution >= 0.6 is 0 Å². The van der Waals surface area contributed by atoms with Gasteiger partial charge in [0.25, 0.3) is 0 Å². The summed E-state index contributed by atoms with van der Waals surface area (Å²) in [4.78, 5) is 12.1. The number of carbonyl (C=O) groups excluding carboxylic acids is 1. The maximum atomic E-state index is 12.1. The number of para-hydroxylation sites is 1. The monoisotopic (exact) mass is 245 g/mol. The summed E-state index contributed by atoms with van der Waals surface area (Å²) >= 11 is 0. The van der Waals surface area contributed by atoms with Crippen molar-refractivity contribution in [2.75, 3.05) is 6.61 Å². The average Bonchev–Trinajstić information content (AvgIpc) is 2.50. The first kappa shape index (κ1) is 11.6. The van der Waals surface area contributed by atoms with Crippen LogP contribution in [0.15, 0.2) is 24.3 Å². The van der Waals surface area contributed by atoms with E-state index in [9.17, 15) is 4.79 Å². The number of fused-ring (bicyclic) bond motifs is 1. The van der Waals surface area contributed by atoms with Crippen molar-refractivity contribution in [2.45, 2.75) is 38.1 Å². The molecule has 1 amide bonds. The summed E-state index contributed by atoms with van der Waals surface area (Å²) in [5, 5.41) is 3.20. The minimum absolute atomic E-state index is 0.122. The van der Waals surface area contributed by atoms with Gasteiger partial charge in [0.15, 0.2) is 0 Å². The quantitative estimate of drug-likeness (QED) is 0.870. The van der Waals surface area contributed by atoms with Crippen LogP contribution in [0.1, 0.15) is 43.7 Å². The van der Waals surface area contributed by atoms with E-state index in [1.165, 1.54) is 6.42 Å². The predicted octanol–water partition coefficient (Wildman–Crippen LogP) is 2.82. The highest BCUT2D eigenvalue weighted by molar-refractivity contribution is 5.80. The Labute approximate surface area is 108 Å². The van der Waals surface area contributed by atoms with Gasteiger partial charge in [0.05, 0.1) is 12.6 Å². The minimum Gasteiger partial charge on any atom is -0.493 e. The van der Waals surface area contributed by atoms with E-state index in [-0.39, 0.29) is 17.9 Å². The molecule has 0 spiro atoms. The Hall–Kier alpha value is -1.51. The molecule has 2 aliphatic rings. The Bertz CT molecular complexity index is 440. The zero-order chi connectivity index (χ0) is 12.4. The fourth-order valence-corrected chi connectivity index (χ4v) is 2.63. The van der Waals surface area contributed by atoms with Crippen molar-refractivity contribution in [1.82, 2.24) is 5.32 Å². The summed E-state index contributed by atoms with van der Waals surface area (Å²) in [6.07, 6.45) is 5.26. The molecule has 0 unspecified atom stereocenters. The normalized spacial score (nSPS) is 23.2. The van der Waals surface area contributed by atoms with E-state index in [0.29, 0.717) is 0 Å². The lowest BCUT2D eigenvalue weighted by atomic mass is 9.84. The van der Waals surface area contributed by atoms with Crippen LogP contribution in [0.3, 0.4) is 0 Å². The summed E-state index contributed by atoms with van der Waals surface area (Å²) in [5.74, 6) is 1.40. The summed E-state index contributed by atoms with van der Waals surface area (Å²) in [7, 11) is 0. The van der Waals surface area contributed by atoms with Crippen molar-refractivity contribution < 1.29 is 9.53 Å². The number of hydrogen-bond acceptors (Lipinski definition) is 2. The third-order valence-corrected chi connectivity index (χ3v) is 3.98. The zero-order valence-electron chi connectivity index (χ0n) is 10.5. The maximum absolute atomic E-state index is 12.1. The molecule has 1 aliphatic carbocycles. The summed E-state index contributed by atoms with van der Waals surface area (Å²) in [5.41, 5.74) is 1.13. The van der Waals surface area contributed by atoms with Crippen LogP contribution in [-0.4, -0.2) is 12.5 Å². The molecule has 0 saturated heterocycles. The van der Waals surface area contributed by atoms with E-state index in [1.807, 2.05) is 18.2 Å². The van der Waals surface area contributed by atoms with E-state index in [1.54, 1.807) is 0 Å². The molecule has 0 radical (unpaired) electrons. The van der Waals surface area contributed by atoms with Crippen molar-refractivity contribution in [3.63, 3.8) is 0 Å². The Morgan fingerprint density at radius 2 is 2.00 bits per heavy atom. The lowest BCUT2D eigenvalue weighted by Gasteiger charge is -2.27. The van der Waals surface area contributed by atoms with Gasteiger partial charge in [-0.15, -0.1) is 0 Å². The SMILES string of the molecule is O=C(N[C@H]1CCCOc2ccccc21)C1CCC1. The van der Waals surface area contributed by atoms with Crippen LogP contribution in [0.4, 0.5) is 0 Å². The van der Waals surface area contributed by atoms with Crippen LogP contribution in [0, 0.1) is 5.92 Å². The van der Waals surface area contributed by atoms with Crippen molar-refractivity contribution in [3.8, 4) is 5.75 Å². The van der Waals surface area contributed by atoms with Crippen molar-refractivity contribution in [1.29, 1.82) is 0 Å². The molecule has 1 aliphatic heterocycles. The predicted molar refractivity (Wildman–Crippen MR) is 69.4 cm³/mol. The van der Waals surface area contributed by atoms with Crippen LogP contribution in [0.25, 0.3) is 0 Å². The molecular formula is C15H19NO2. The van der Waals surface area contributed by atoms with Crippen molar-refractivity contribution >= 4 is 5.91 Å². The van der Waals surface area contributed by atoms with Gasteiger partial charge in [-0.25, -0.2) is 0 Å². The van der Waals surface area contributed by atoms with Crippen molar-refractivity contribution in [3.05, 3.63) is 29.8 Å². The first-order chi connectivity index (χ1) is 8.84. The average molecular weight is 245 g/mol. The van der Waals surface area contributed by atoms with Gasteiger partial charge in [-0.2, -0.15) is 0 Å². The molecule has 1 heterocycles. The van der Waals surface area contributed by atoms with E-state index in [2.05, 4.69) is 11.4 Å². The number of rotatable bonds is 2. The second kappa shape index (κ2) is 5.01. The van der Waals surface area contributed by atoms with Crippen LogP contribution in [-0.2, 0) is 4.79 Å². The lowest BCUT2D eigenvalue weighted by Crippen LogP contribution is -2.36. The number of hydrogen-bond donors (Lipinski definition) is 1. The molecule has 1 saturated carbocycles. The number of carbonyl (C=O) groups is 1. The van der Waals surface area contributed by atoms with Crippen LogP contribution in [0.2, 0.25) is 0 Å². The van der Waals surface area contributed by atoms with Crippen LogP contribution < -0.4 is 10.1 Å². The number of benzene rings is 1. The molecule has 18 heavy (non-hydrogen) atoms. The van der Waals surface area contributed by atoms with Crippen molar-refractivity contribution in [2.24, 2.45) is 5.92 Å². The van der Waals surface area contributed by atoms with Crippen LogP contribution in [0.5, 0.6) is 5.75 Å². The number of amides is 1. The van der Waals surface area contributed by atoms with Gasteiger partial charge in [0.2, 0.25) is 5.91 Å². The highest BCUT2D eigenvalue weighted by atomic mass is 16.5. The lowest BCUT2D eigenvalue weighted by molar-refractivity contribution is -0.128. The van der Waals surface area contributed by atoms with Gasteiger partial charge >= 0.3 is 0 Å². The summed E-state index contributed by atoms with van der Waals surface area (Å²) in [6, 6.07) is 8.16. The first-order valence-electron chi connectivity index (χ1n) is 6.87. The molecule has 3 heteroatoms. The molecule has 96 valence electrons. The topological polar surface area (TPSA) is 38.3 Å². The summed E-state index contributed by atoms with van der Waals surface area (Å²) in [6.45, 7) is 0.743. The highest BCUT2D eigenvalue weighted by Gasteiger charge is 2.28. The van der Waals surface area contributed by atoms with Gasteiger partial charge in [-0.3, -0.25) is 4.79 Å². The molecule has 1 atom stereocenters. The van der Waals surface area contributed by atoms with E-state index < -0.39 is 0 Å². The molecule has 3 rings (SSSR count). The molecule has 1 aromatic rings.